The van der Waals surface area contributed by atoms with Crippen molar-refractivity contribution in [2.75, 3.05) is 24.3 Å². The largest absolute Gasteiger partial charge is 0.459 e. The van der Waals surface area contributed by atoms with Crippen LogP contribution < -0.4 is 10.2 Å². The summed E-state index contributed by atoms with van der Waals surface area (Å²) in [4.78, 5) is 21.6. The van der Waals surface area contributed by atoms with Gasteiger partial charge in [-0.1, -0.05) is 0 Å². The van der Waals surface area contributed by atoms with E-state index in [2.05, 4.69) is 15.3 Å². The number of hydrogen-bond donors (Lipinski definition) is 1. The van der Waals surface area contributed by atoms with E-state index in [1.165, 1.54) is 6.26 Å². The van der Waals surface area contributed by atoms with E-state index in [0.717, 1.165) is 0 Å². The Bertz CT molecular complexity index is 491. The van der Waals surface area contributed by atoms with Gasteiger partial charge in [0.05, 0.1) is 24.3 Å². The van der Waals surface area contributed by atoms with Gasteiger partial charge in [-0.25, -0.2) is 9.97 Å². The zero-order valence-electron chi connectivity index (χ0n) is 9.54. The molecule has 17 heavy (non-hydrogen) atoms. The number of rotatable bonds is 3. The number of furan rings is 1. The van der Waals surface area contributed by atoms with E-state index in [9.17, 15) is 4.79 Å². The van der Waals surface area contributed by atoms with Gasteiger partial charge in [0, 0.05) is 14.1 Å². The molecule has 2 aromatic heterocycles. The Kier molecular flexibility index (Phi) is 3.04. The number of hydrogen-bond acceptors (Lipinski definition) is 5. The molecule has 2 heterocycles. The lowest BCUT2D eigenvalue weighted by molar-refractivity contribution is 0.0996. The van der Waals surface area contributed by atoms with Crippen LogP contribution in [0.3, 0.4) is 0 Å². The fourth-order valence-electron chi connectivity index (χ4n) is 1.22. The van der Waals surface area contributed by atoms with Crippen LogP contribution in [0.2, 0.25) is 0 Å². The van der Waals surface area contributed by atoms with E-state index in [1.54, 1.807) is 29.4 Å². The first kappa shape index (κ1) is 11.1. The van der Waals surface area contributed by atoms with E-state index in [1.807, 2.05) is 14.1 Å². The highest BCUT2D eigenvalue weighted by Crippen LogP contribution is 2.09. The van der Waals surface area contributed by atoms with Crippen LogP contribution in [0.1, 0.15) is 10.6 Å². The second kappa shape index (κ2) is 4.65. The molecule has 0 saturated carbocycles. The van der Waals surface area contributed by atoms with Crippen molar-refractivity contribution in [2.45, 2.75) is 0 Å². The highest BCUT2D eigenvalue weighted by molar-refractivity contribution is 6.02. The topological polar surface area (TPSA) is 71.3 Å². The van der Waals surface area contributed by atoms with E-state index in [-0.39, 0.29) is 11.7 Å². The van der Waals surface area contributed by atoms with Crippen LogP contribution in [0.25, 0.3) is 0 Å². The van der Waals surface area contributed by atoms with Gasteiger partial charge in [-0.15, -0.1) is 0 Å². The van der Waals surface area contributed by atoms with Gasteiger partial charge >= 0.3 is 0 Å². The molecule has 2 aromatic rings. The van der Waals surface area contributed by atoms with Gasteiger partial charge in [0.15, 0.2) is 5.76 Å². The van der Waals surface area contributed by atoms with Crippen molar-refractivity contribution >= 4 is 17.5 Å². The third kappa shape index (κ3) is 2.60. The second-order valence-corrected chi connectivity index (χ2v) is 3.60. The fourth-order valence-corrected chi connectivity index (χ4v) is 1.22. The van der Waals surface area contributed by atoms with Gasteiger partial charge in [0.25, 0.3) is 5.91 Å². The van der Waals surface area contributed by atoms with Crippen molar-refractivity contribution in [3.05, 3.63) is 36.5 Å². The summed E-state index contributed by atoms with van der Waals surface area (Å²) in [5, 5.41) is 2.63. The van der Waals surface area contributed by atoms with Crippen LogP contribution in [0, 0.1) is 0 Å². The number of nitrogens with one attached hydrogen (secondary N) is 1. The molecule has 0 aliphatic heterocycles. The van der Waals surface area contributed by atoms with Crippen LogP contribution in [-0.2, 0) is 0 Å². The number of carbonyl (C=O) groups excluding carboxylic acids is 1. The van der Waals surface area contributed by atoms with Gasteiger partial charge in [0.1, 0.15) is 0 Å². The summed E-state index contributed by atoms with van der Waals surface area (Å²) >= 11 is 0. The molecule has 6 heteroatoms. The van der Waals surface area contributed by atoms with Crippen molar-refractivity contribution in [3.8, 4) is 0 Å². The molecule has 88 valence electrons. The zero-order chi connectivity index (χ0) is 12.3. The first-order valence-electron chi connectivity index (χ1n) is 5.01. The molecule has 0 atom stereocenters. The maximum atomic E-state index is 11.6. The monoisotopic (exact) mass is 232 g/mol. The second-order valence-electron chi connectivity index (χ2n) is 3.60. The zero-order valence-corrected chi connectivity index (χ0v) is 9.54. The molecule has 0 unspecified atom stereocenters. The molecule has 0 fully saturated rings. The minimum Gasteiger partial charge on any atom is -0.459 e. The number of amides is 1. The molecule has 0 radical (unpaired) electrons. The predicted molar refractivity (Wildman–Crippen MR) is 63.0 cm³/mol. The first-order chi connectivity index (χ1) is 8.16. The van der Waals surface area contributed by atoms with Crippen LogP contribution in [-0.4, -0.2) is 30.0 Å². The smallest absolute Gasteiger partial charge is 0.291 e. The molecule has 0 aliphatic rings. The molecule has 0 saturated heterocycles. The average Bonchev–Trinajstić information content (AvgIpc) is 2.83. The van der Waals surface area contributed by atoms with E-state index < -0.39 is 0 Å². The number of nitrogens with zero attached hydrogens (tertiary/aromatic N) is 3. The van der Waals surface area contributed by atoms with Crippen LogP contribution in [0.5, 0.6) is 0 Å². The normalized spacial score (nSPS) is 10.0. The Labute approximate surface area is 98.3 Å². The maximum Gasteiger partial charge on any atom is 0.291 e. The summed E-state index contributed by atoms with van der Waals surface area (Å²) in [6, 6.07) is 3.24. The Morgan fingerprint density at radius 1 is 1.35 bits per heavy atom. The summed E-state index contributed by atoms with van der Waals surface area (Å²) in [6.07, 6.45) is 4.53. The van der Waals surface area contributed by atoms with Gasteiger partial charge in [-0.05, 0) is 12.1 Å². The van der Waals surface area contributed by atoms with Crippen molar-refractivity contribution in [1.82, 2.24) is 9.97 Å². The van der Waals surface area contributed by atoms with Crippen LogP contribution in [0.4, 0.5) is 11.6 Å². The summed E-state index contributed by atoms with van der Waals surface area (Å²) in [7, 11) is 3.69. The van der Waals surface area contributed by atoms with Gasteiger partial charge < -0.3 is 14.6 Å². The molecule has 1 N–H and O–H groups in total. The standard InChI is InChI=1S/C11H12N4O2/c1-15(2)11-12-6-8(7-13-11)14-10(16)9-4-3-5-17-9/h3-7H,1-2H3,(H,14,16). The van der Waals surface area contributed by atoms with E-state index >= 15 is 0 Å². The molecule has 0 aromatic carbocycles. The first-order valence-corrected chi connectivity index (χ1v) is 5.01. The van der Waals surface area contributed by atoms with Crippen molar-refractivity contribution in [2.24, 2.45) is 0 Å². The van der Waals surface area contributed by atoms with Gasteiger partial charge in [-0.2, -0.15) is 0 Å². The Hall–Kier alpha value is -2.37. The minimum absolute atomic E-state index is 0.252. The Balaban J connectivity index is 2.07. The van der Waals surface area contributed by atoms with E-state index in [4.69, 9.17) is 4.42 Å². The number of carbonyl (C=O) groups is 1. The molecular weight excluding hydrogens is 220 g/mol. The SMILES string of the molecule is CN(C)c1ncc(NC(=O)c2ccco2)cn1. The lowest BCUT2D eigenvalue weighted by atomic mass is 10.4. The summed E-state index contributed by atoms with van der Waals surface area (Å²) < 4.78 is 4.97. The van der Waals surface area contributed by atoms with Gasteiger partial charge in [0.2, 0.25) is 5.95 Å². The minimum atomic E-state index is -0.323. The third-order valence-electron chi connectivity index (χ3n) is 2.04. The quantitative estimate of drug-likeness (QED) is 0.865. The van der Waals surface area contributed by atoms with Gasteiger partial charge in [-0.3, -0.25) is 4.79 Å². The van der Waals surface area contributed by atoms with Crippen molar-refractivity contribution in [1.29, 1.82) is 0 Å². The van der Waals surface area contributed by atoms with Crippen molar-refractivity contribution in [3.63, 3.8) is 0 Å². The maximum absolute atomic E-state index is 11.6. The molecule has 0 spiro atoms. The highest BCUT2D eigenvalue weighted by atomic mass is 16.3. The molecule has 0 bridgehead atoms. The Morgan fingerprint density at radius 3 is 2.59 bits per heavy atom. The van der Waals surface area contributed by atoms with Crippen molar-refractivity contribution < 1.29 is 9.21 Å². The number of aromatic nitrogens is 2. The lowest BCUT2D eigenvalue weighted by Crippen LogP contribution is -2.14. The Morgan fingerprint density at radius 2 is 2.06 bits per heavy atom. The molecular formula is C11H12N4O2. The third-order valence-corrected chi connectivity index (χ3v) is 2.04. The lowest BCUT2D eigenvalue weighted by Gasteiger charge is -2.09. The summed E-state index contributed by atoms with van der Waals surface area (Å²) in [5.41, 5.74) is 0.525. The number of anilines is 2. The molecule has 1 amide bonds. The summed E-state index contributed by atoms with van der Waals surface area (Å²) in [5.74, 6) is 0.513. The summed E-state index contributed by atoms with van der Waals surface area (Å²) in [6.45, 7) is 0. The highest BCUT2D eigenvalue weighted by Gasteiger charge is 2.09. The molecule has 6 nitrogen and oxygen atoms in total. The molecule has 2 rings (SSSR count). The van der Waals surface area contributed by atoms with Crippen LogP contribution >= 0.6 is 0 Å². The average molecular weight is 232 g/mol. The predicted octanol–water partition coefficient (Wildman–Crippen LogP) is 1.39. The molecule has 0 aliphatic carbocycles. The van der Waals surface area contributed by atoms with Crippen LogP contribution in [0.15, 0.2) is 35.2 Å². The van der Waals surface area contributed by atoms with E-state index in [0.29, 0.717) is 11.6 Å². The fraction of sp³-hybridized carbons (Fsp3) is 0.182.